The van der Waals surface area contributed by atoms with Crippen molar-refractivity contribution in [2.75, 3.05) is 14.2 Å². The highest BCUT2D eigenvalue weighted by Gasteiger charge is 2.08. The Bertz CT molecular complexity index is 123. The minimum atomic E-state index is -0.0822. The smallest absolute Gasteiger partial charge is 0.249 e. The summed E-state index contributed by atoms with van der Waals surface area (Å²) < 4.78 is 0. The molecular formula is C8H16NO2. The fraction of sp³-hybridized carbons (Fsp3) is 0.750. The Hall–Kier alpha value is -0.570. The summed E-state index contributed by atoms with van der Waals surface area (Å²) in [6.45, 7) is 4.13. The molecule has 1 radical (unpaired) electrons. The molecule has 0 spiro atoms. The first-order chi connectivity index (χ1) is 5.07. The first kappa shape index (κ1) is 10.4. The Balaban J connectivity index is 3.52. The molecule has 65 valence electrons. The topological polar surface area (TPSA) is 29.5 Å². The number of hydrogen-bond donors (Lipinski definition) is 0. The second kappa shape index (κ2) is 5.13. The fourth-order valence-corrected chi connectivity index (χ4v) is 0.555. The van der Waals surface area contributed by atoms with E-state index in [-0.39, 0.29) is 5.91 Å². The number of hydroxylamine groups is 2. The van der Waals surface area contributed by atoms with E-state index in [1.165, 1.54) is 12.2 Å². The first-order valence-electron chi connectivity index (χ1n) is 3.73. The van der Waals surface area contributed by atoms with Gasteiger partial charge >= 0.3 is 0 Å². The molecule has 3 heteroatoms. The van der Waals surface area contributed by atoms with Crippen molar-refractivity contribution in [2.24, 2.45) is 5.92 Å². The molecule has 0 saturated heterocycles. The molecular weight excluding hydrogens is 142 g/mol. The van der Waals surface area contributed by atoms with E-state index in [1.807, 2.05) is 0 Å². The van der Waals surface area contributed by atoms with E-state index in [2.05, 4.69) is 13.8 Å². The average molecular weight is 158 g/mol. The van der Waals surface area contributed by atoms with Crippen LogP contribution in [0.4, 0.5) is 0 Å². The lowest BCUT2D eigenvalue weighted by Crippen LogP contribution is -2.25. The van der Waals surface area contributed by atoms with Gasteiger partial charge in [0.05, 0.1) is 13.5 Å². The SMILES string of the molecule is CON(C)C(=O)[CH]CC(C)C. The van der Waals surface area contributed by atoms with Gasteiger partial charge in [-0.05, 0) is 12.3 Å². The largest absolute Gasteiger partial charge is 0.275 e. The minimum Gasteiger partial charge on any atom is -0.275 e. The molecule has 11 heavy (non-hydrogen) atoms. The predicted molar refractivity (Wildman–Crippen MR) is 43.5 cm³/mol. The summed E-state index contributed by atoms with van der Waals surface area (Å²) in [5.41, 5.74) is 0. The Morgan fingerprint density at radius 3 is 2.55 bits per heavy atom. The number of nitrogens with zero attached hydrogens (tertiary/aromatic N) is 1. The highest BCUT2D eigenvalue weighted by Crippen LogP contribution is 2.03. The summed E-state index contributed by atoms with van der Waals surface area (Å²) in [7, 11) is 3.07. The van der Waals surface area contributed by atoms with Crippen molar-refractivity contribution in [1.82, 2.24) is 5.06 Å². The van der Waals surface area contributed by atoms with Gasteiger partial charge in [-0.1, -0.05) is 13.8 Å². The average Bonchev–Trinajstić information content (AvgIpc) is 1.98. The molecule has 0 fully saturated rings. The molecule has 0 aromatic rings. The highest BCUT2D eigenvalue weighted by atomic mass is 16.7. The lowest BCUT2D eigenvalue weighted by atomic mass is 10.1. The Morgan fingerprint density at radius 1 is 1.64 bits per heavy atom. The van der Waals surface area contributed by atoms with Crippen LogP contribution in [0.1, 0.15) is 20.3 Å². The zero-order valence-electron chi connectivity index (χ0n) is 7.63. The van der Waals surface area contributed by atoms with Gasteiger partial charge in [0, 0.05) is 7.05 Å². The molecule has 0 atom stereocenters. The van der Waals surface area contributed by atoms with Gasteiger partial charge in [0.2, 0.25) is 5.91 Å². The molecule has 0 bridgehead atoms. The summed E-state index contributed by atoms with van der Waals surface area (Å²) in [6, 6.07) is 0. The molecule has 0 aliphatic carbocycles. The maximum Gasteiger partial charge on any atom is 0.249 e. The van der Waals surface area contributed by atoms with Gasteiger partial charge in [0.25, 0.3) is 0 Å². The number of carbonyl (C=O) groups excluding carboxylic acids is 1. The molecule has 0 aliphatic rings. The first-order valence-corrected chi connectivity index (χ1v) is 3.73. The molecule has 3 nitrogen and oxygen atoms in total. The van der Waals surface area contributed by atoms with Crippen molar-refractivity contribution in [2.45, 2.75) is 20.3 Å². The van der Waals surface area contributed by atoms with Crippen LogP contribution in [0.3, 0.4) is 0 Å². The van der Waals surface area contributed by atoms with Crippen LogP contribution in [0.5, 0.6) is 0 Å². The van der Waals surface area contributed by atoms with Crippen LogP contribution in [-0.2, 0) is 9.63 Å². The van der Waals surface area contributed by atoms with E-state index in [0.717, 1.165) is 6.42 Å². The van der Waals surface area contributed by atoms with E-state index in [1.54, 1.807) is 13.5 Å². The number of rotatable bonds is 4. The van der Waals surface area contributed by atoms with Crippen LogP contribution in [0, 0.1) is 12.3 Å². The zero-order valence-corrected chi connectivity index (χ0v) is 7.63. The van der Waals surface area contributed by atoms with Gasteiger partial charge in [-0.3, -0.25) is 9.63 Å². The standard InChI is InChI=1S/C8H16NO2/c1-7(2)5-6-8(10)9(3)11-4/h6-7H,5H2,1-4H3. The summed E-state index contributed by atoms with van der Waals surface area (Å²) >= 11 is 0. The lowest BCUT2D eigenvalue weighted by molar-refractivity contribution is -0.164. The van der Waals surface area contributed by atoms with E-state index >= 15 is 0 Å². The van der Waals surface area contributed by atoms with E-state index in [9.17, 15) is 4.79 Å². The number of carbonyl (C=O) groups is 1. The lowest BCUT2D eigenvalue weighted by Gasteiger charge is -2.13. The summed E-state index contributed by atoms with van der Waals surface area (Å²) in [6.07, 6.45) is 2.43. The summed E-state index contributed by atoms with van der Waals surface area (Å²) in [5.74, 6) is 0.436. The summed E-state index contributed by atoms with van der Waals surface area (Å²) in [5, 5.41) is 1.21. The Kier molecular flexibility index (Phi) is 4.86. The van der Waals surface area contributed by atoms with Crippen LogP contribution in [0.15, 0.2) is 0 Å². The van der Waals surface area contributed by atoms with Gasteiger partial charge in [0.1, 0.15) is 0 Å². The van der Waals surface area contributed by atoms with Crippen molar-refractivity contribution in [3.63, 3.8) is 0 Å². The van der Waals surface area contributed by atoms with Crippen molar-refractivity contribution in [3.05, 3.63) is 6.42 Å². The maximum absolute atomic E-state index is 11.0. The maximum atomic E-state index is 11.0. The number of amides is 1. The van der Waals surface area contributed by atoms with Crippen LogP contribution < -0.4 is 0 Å². The van der Waals surface area contributed by atoms with Crippen molar-refractivity contribution >= 4 is 5.91 Å². The van der Waals surface area contributed by atoms with Gasteiger partial charge in [-0.15, -0.1) is 0 Å². The summed E-state index contributed by atoms with van der Waals surface area (Å²) in [4.78, 5) is 15.7. The van der Waals surface area contributed by atoms with Crippen molar-refractivity contribution < 1.29 is 9.63 Å². The van der Waals surface area contributed by atoms with E-state index in [4.69, 9.17) is 4.84 Å². The normalized spacial score (nSPS) is 10.3. The van der Waals surface area contributed by atoms with Crippen molar-refractivity contribution in [1.29, 1.82) is 0 Å². The third-order valence-corrected chi connectivity index (χ3v) is 1.35. The van der Waals surface area contributed by atoms with Gasteiger partial charge < -0.3 is 0 Å². The highest BCUT2D eigenvalue weighted by molar-refractivity contribution is 5.83. The quantitative estimate of drug-likeness (QED) is 0.576. The van der Waals surface area contributed by atoms with Gasteiger partial charge in [-0.25, -0.2) is 5.06 Å². The fourth-order valence-electron chi connectivity index (χ4n) is 0.555. The molecule has 0 N–H and O–H groups in total. The molecule has 0 aromatic carbocycles. The molecule has 0 aliphatic heterocycles. The van der Waals surface area contributed by atoms with Crippen LogP contribution >= 0.6 is 0 Å². The number of hydrogen-bond acceptors (Lipinski definition) is 2. The van der Waals surface area contributed by atoms with E-state index < -0.39 is 0 Å². The third kappa shape index (κ3) is 4.79. The van der Waals surface area contributed by atoms with E-state index in [0.29, 0.717) is 5.92 Å². The minimum absolute atomic E-state index is 0.0822. The van der Waals surface area contributed by atoms with Crippen LogP contribution in [0.2, 0.25) is 0 Å². The van der Waals surface area contributed by atoms with Gasteiger partial charge in [-0.2, -0.15) is 0 Å². The van der Waals surface area contributed by atoms with Crippen LogP contribution in [0.25, 0.3) is 0 Å². The monoisotopic (exact) mass is 158 g/mol. The predicted octanol–water partition coefficient (Wildman–Crippen LogP) is 1.26. The second-order valence-electron chi connectivity index (χ2n) is 2.85. The second-order valence-corrected chi connectivity index (χ2v) is 2.85. The van der Waals surface area contributed by atoms with Gasteiger partial charge in [0.15, 0.2) is 0 Å². The van der Waals surface area contributed by atoms with Crippen molar-refractivity contribution in [3.8, 4) is 0 Å². The molecule has 1 amide bonds. The molecule has 0 heterocycles. The Labute approximate surface area is 68.3 Å². The zero-order chi connectivity index (χ0) is 8.85. The molecule has 0 unspecified atom stereocenters. The third-order valence-electron chi connectivity index (χ3n) is 1.35. The van der Waals surface area contributed by atoms with Crippen LogP contribution in [-0.4, -0.2) is 25.1 Å². The Morgan fingerprint density at radius 2 is 2.18 bits per heavy atom. The molecule has 0 aromatic heterocycles. The molecule has 0 rings (SSSR count). The molecule has 0 saturated carbocycles.